The number of quaternary nitrogens is 1. The normalized spacial score (nSPS) is 22.5. The van der Waals surface area contributed by atoms with Gasteiger partial charge in [-0.15, -0.1) is 0 Å². The van der Waals surface area contributed by atoms with Crippen LogP contribution in [0.1, 0.15) is 36.8 Å². The highest BCUT2D eigenvalue weighted by atomic mass is 79.9. The summed E-state index contributed by atoms with van der Waals surface area (Å²) >= 11 is 0. The molecule has 0 aliphatic heterocycles. The first-order chi connectivity index (χ1) is 17.9. The highest BCUT2D eigenvalue weighted by Crippen LogP contribution is 2.50. The molecule has 0 radical (unpaired) electrons. The van der Waals surface area contributed by atoms with Crippen molar-refractivity contribution >= 4 is 5.97 Å². The van der Waals surface area contributed by atoms with Crippen LogP contribution in [0, 0.1) is 11.8 Å². The molecule has 0 saturated heterocycles. The molecule has 2 bridgehead atoms. The Labute approximate surface area is 236 Å². The van der Waals surface area contributed by atoms with E-state index in [1.165, 1.54) is 0 Å². The molecule has 0 heterocycles. The van der Waals surface area contributed by atoms with Crippen LogP contribution in [-0.4, -0.2) is 55.0 Å². The van der Waals surface area contributed by atoms with Crippen molar-refractivity contribution < 1.29 is 40.8 Å². The number of halogens is 1. The summed E-state index contributed by atoms with van der Waals surface area (Å²) in [5.41, 5.74) is -0.774. The number of nitrogens with zero attached hydrogens (tertiary/aromatic N) is 1. The van der Waals surface area contributed by atoms with Crippen LogP contribution in [0.25, 0.3) is 0 Å². The van der Waals surface area contributed by atoms with E-state index in [1.807, 2.05) is 66.7 Å². The lowest BCUT2D eigenvalue weighted by atomic mass is 9.86. The smallest absolute Gasteiger partial charge is 0.347 e. The Morgan fingerprint density at radius 2 is 1.45 bits per heavy atom. The van der Waals surface area contributed by atoms with E-state index in [4.69, 9.17) is 9.47 Å². The van der Waals surface area contributed by atoms with Gasteiger partial charge in [-0.2, -0.15) is 0 Å². The number of carbonyl (C=O) groups is 1. The van der Waals surface area contributed by atoms with Gasteiger partial charge in [0, 0.05) is 24.7 Å². The zero-order valence-electron chi connectivity index (χ0n) is 22.2. The van der Waals surface area contributed by atoms with Gasteiger partial charge in [0.15, 0.2) is 0 Å². The first-order valence-corrected chi connectivity index (χ1v) is 13.4. The molecule has 202 valence electrons. The summed E-state index contributed by atoms with van der Waals surface area (Å²) < 4.78 is 13.1. The summed E-state index contributed by atoms with van der Waals surface area (Å²) in [5.74, 6) is 0.973. The first-order valence-electron chi connectivity index (χ1n) is 13.4. The molecule has 1 N–H and O–H groups in total. The summed E-state index contributed by atoms with van der Waals surface area (Å²) in [4.78, 5) is 13.7. The number of fused-ring (bicyclic) bond motifs is 2. The van der Waals surface area contributed by atoms with Crippen LogP contribution in [0.4, 0.5) is 0 Å². The number of rotatable bonds is 10. The molecule has 4 unspecified atom stereocenters. The van der Waals surface area contributed by atoms with E-state index in [0.29, 0.717) is 35.6 Å². The minimum Gasteiger partial charge on any atom is -1.00 e. The zero-order valence-corrected chi connectivity index (χ0v) is 23.8. The maximum absolute atomic E-state index is 13.7. The van der Waals surface area contributed by atoms with Crippen molar-refractivity contribution in [1.29, 1.82) is 0 Å². The van der Waals surface area contributed by atoms with Gasteiger partial charge in [-0.05, 0) is 36.1 Å². The number of hydrogen-bond acceptors (Lipinski definition) is 4. The second kappa shape index (κ2) is 12.0. The van der Waals surface area contributed by atoms with E-state index in [2.05, 4.69) is 14.1 Å². The van der Waals surface area contributed by atoms with Gasteiger partial charge in [-0.25, -0.2) is 4.79 Å². The molecule has 0 aromatic heterocycles. The van der Waals surface area contributed by atoms with Gasteiger partial charge in [0.05, 0.1) is 33.3 Å². The van der Waals surface area contributed by atoms with Crippen LogP contribution in [0.15, 0.2) is 91.0 Å². The first kappa shape index (κ1) is 28.3. The molecule has 5 rings (SSSR count). The highest BCUT2D eigenvalue weighted by molar-refractivity contribution is 5.85. The van der Waals surface area contributed by atoms with Crippen LogP contribution in [-0.2, 0) is 15.1 Å². The van der Waals surface area contributed by atoms with E-state index < -0.39 is 11.6 Å². The van der Waals surface area contributed by atoms with E-state index in [1.54, 1.807) is 24.3 Å². The quantitative estimate of drug-likeness (QED) is 0.227. The lowest BCUT2D eigenvalue weighted by molar-refractivity contribution is -0.918. The summed E-state index contributed by atoms with van der Waals surface area (Å²) in [6, 6.07) is 28.7. The Hall–Kier alpha value is -2.67. The summed E-state index contributed by atoms with van der Waals surface area (Å²) in [7, 11) is 4.58. The van der Waals surface area contributed by atoms with Gasteiger partial charge >= 0.3 is 5.97 Å². The molecule has 5 nitrogen and oxygen atoms in total. The van der Waals surface area contributed by atoms with Crippen molar-refractivity contribution in [3.63, 3.8) is 0 Å². The van der Waals surface area contributed by atoms with Crippen LogP contribution in [0.2, 0.25) is 0 Å². The van der Waals surface area contributed by atoms with Gasteiger partial charge in [-0.3, -0.25) is 0 Å². The van der Waals surface area contributed by atoms with E-state index in [-0.39, 0.29) is 23.1 Å². The van der Waals surface area contributed by atoms with Crippen molar-refractivity contribution in [2.75, 3.05) is 27.2 Å². The van der Waals surface area contributed by atoms with Crippen molar-refractivity contribution in [3.05, 3.63) is 102 Å². The zero-order chi connectivity index (χ0) is 25.9. The number of carbonyl (C=O) groups excluding carboxylic acids is 1. The third kappa shape index (κ3) is 5.68. The molecule has 2 fully saturated rings. The number of hydrogen-bond donors (Lipinski definition) is 1. The fraction of sp³-hybridized carbons (Fsp3) is 0.406. The highest BCUT2D eigenvalue weighted by Gasteiger charge is 2.57. The van der Waals surface area contributed by atoms with Gasteiger partial charge < -0.3 is 36.0 Å². The fourth-order valence-corrected chi connectivity index (χ4v) is 6.53. The maximum Gasteiger partial charge on any atom is 0.347 e. The number of aliphatic hydroxyl groups is 1. The van der Waals surface area contributed by atoms with Gasteiger partial charge in [0.1, 0.15) is 11.9 Å². The van der Waals surface area contributed by atoms with Gasteiger partial charge in [0.2, 0.25) is 5.60 Å². The Kier molecular flexibility index (Phi) is 8.96. The number of ether oxygens (including phenoxy) is 2. The molecule has 0 spiro atoms. The summed E-state index contributed by atoms with van der Waals surface area (Å²) in [5, 5.41) is 11.8. The average molecular weight is 581 g/mol. The van der Waals surface area contributed by atoms with E-state index in [0.717, 1.165) is 42.5 Å². The molecule has 2 aliphatic rings. The van der Waals surface area contributed by atoms with Gasteiger partial charge in [0.25, 0.3) is 0 Å². The predicted octanol–water partition coefficient (Wildman–Crippen LogP) is 2.18. The lowest BCUT2D eigenvalue weighted by Crippen LogP contribution is -3.00. The van der Waals surface area contributed by atoms with E-state index >= 15 is 0 Å². The molecule has 2 aliphatic carbocycles. The number of benzene rings is 3. The lowest BCUT2D eigenvalue weighted by Gasteiger charge is -2.40. The van der Waals surface area contributed by atoms with Crippen LogP contribution in [0.3, 0.4) is 0 Å². The van der Waals surface area contributed by atoms with Crippen molar-refractivity contribution in [2.24, 2.45) is 11.8 Å². The van der Waals surface area contributed by atoms with Crippen LogP contribution < -0.4 is 21.7 Å². The largest absolute Gasteiger partial charge is 1.00 e. The molecule has 4 atom stereocenters. The summed E-state index contributed by atoms with van der Waals surface area (Å²) in [6.07, 6.45) is 3.98. The van der Waals surface area contributed by atoms with Crippen molar-refractivity contribution in [3.8, 4) is 5.75 Å². The molecular formula is C32H38BrNO4. The van der Waals surface area contributed by atoms with E-state index in [9.17, 15) is 9.90 Å². The molecular weight excluding hydrogens is 542 g/mol. The predicted molar refractivity (Wildman–Crippen MR) is 144 cm³/mol. The Balaban J connectivity index is 0.00000336. The average Bonchev–Trinajstić information content (AvgIpc) is 3.49. The molecule has 0 amide bonds. The van der Waals surface area contributed by atoms with Gasteiger partial charge in [-0.1, -0.05) is 78.9 Å². The Morgan fingerprint density at radius 1 is 0.895 bits per heavy atom. The second-order valence-corrected chi connectivity index (χ2v) is 11.1. The standard InChI is InChI=1S/C32H38NO4.BrH/c1-33(2,21-12-22-36-27-17-10-5-11-18-27)29-23-24-19-20-28(29)30(24)37-31(34)32(35,25-13-6-3-7-14-25)26-15-8-4-9-16-26;/h3-11,13-18,24,28-30,35H,12,19-23H2,1-2H3;1H/q+1;/p-1. The number of esters is 1. The summed E-state index contributed by atoms with van der Waals surface area (Å²) in [6.45, 7) is 1.69. The third-order valence-electron chi connectivity index (χ3n) is 8.51. The molecule has 3 aromatic carbocycles. The van der Waals surface area contributed by atoms with Crippen molar-refractivity contribution in [1.82, 2.24) is 0 Å². The third-order valence-corrected chi connectivity index (χ3v) is 8.51. The Morgan fingerprint density at radius 3 is 2.03 bits per heavy atom. The molecule has 6 heteroatoms. The molecule has 38 heavy (non-hydrogen) atoms. The maximum atomic E-state index is 13.7. The number of para-hydroxylation sites is 1. The minimum atomic E-state index is -1.83. The molecule has 3 aromatic rings. The molecule has 2 saturated carbocycles. The van der Waals surface area contributed by atoms with Crippen LogP contribution >= 0.6 is 0 Å². The fourth-order valence-electron chi connectivity index (χ4n) is 6.53. The topological polar surface area (TPSA) is 55.8 Å². The second-order valence-electron chi connectivity index (χ2n) is 11.1. The Bertz CT molecular complexity index is 1130. The minimum absolute atomic E-state index is 0. The SMILES string of the molecule is C[N+](C)(CCCOc1ccccc1)C1CC2CCC1C2OC(=O)C(O)(c1ccccc1)c1ccccc1.[Br-]. The van der Waals surface area contributed by atoms with Crippen molar-refractivity contribution in [2.45, 2.75) is 43.4 Å². The van der Waals surface area contributed by atoms with Crippen LogP contribution in [0.5, 0.6) is 5.75 Å². The monoisotopic (exact) mass is 579 g/mol.